The van der Waals surface area contributed by atoms with Crippen molar-refractivity contribution >= 4 is 33.5 Å². The highest BCUT2D eigenvalue weighted by Crippen LogP contribution is 2.30. The predicted molar refractivity (Wildman–Crippen MR) is 79.7 cm³/mol. The standard InChI is InChI=1S/C13H12BrN3OS/c1-8-2-4-10(13(15)17-18)11(6-8)19-12-5-3-9(14)7-16-12/h2-7,18H,1H3,(H2,15,17). The SMILES string of the molecule is Cc1ccc(C(N)=NO)c(Sc2ccc(Br)cn2)c1. The maximum absolute atomic E-state index is 8.82. The second kappa shape index (κ2) is 6.08. The number of hydrogen-bond acceptors (Lipinski definition) is 4. The Morgan fingerprint density at radius 2 is 2.16 bits per heavy atom. The van der Waals surface area contributed by atoms with Gasteiger partial charge in [0, 0.05) is 21.1 Å². The minimum Gasteiger partial charge on any atom is -0.409 e. The van der Waals surface area contributed by atoms with E-state index in [0.717, 1.165) is 20.0 Å². The van der Waals surface area contributed by atoms with Crippen LogP contribution in [-0.2, 0) is 0 Å². The van der Waals surface area contributed by atoms with Gasteiger partial charge in [0.25, 0.3) is 0 Å². The maximum atomic E-state index is 8.82. The Morgan fingerprint density at radius 1 is 1.37 bits per heavy atom. The third-order valence-electron chi connectivity index (χ3n) is 2.44. The van der Waals surface area contributed by atoms with Crippen LogP contribution in [0, 0.1) is 6.92 Å². The third-order valence-corrected chi connectivity index (χ3v) is 3.91. The summed E-state index contributed by atoms with van der Waals surface area (Å²) >= 11 is 4.82. The predicted octanol–water partition coefficient (Wildman–Crippen LogP) is 3.40. The van der Waals surface area contributed by atoms with E-state index in [1.54, 1.807) is 6.20 Å². The average molecular weight is 338 g/mol. The number of halogens is 1. The van der Waals surface area contributed by atoms with Crippen molar-refractivity contribution < 1.29 is 5.21 Å². The van der Waals surface area contributed by atoms with Gasteiger partial charge in [0.05, 0.1) is 0 Å². The molecule has 0 radical (unpaired) electrons. The molecule has 0 unspecified atom stereocenters. The highest BCUT2D eigenvalue weighted by atomic mass is 79.9. The van der Waals surface area contributed by atoms with Crippen LogP contribution >= 0.6 is 27.7 Å². The van der Waals surface area contributed by atoms with Crippen molar-refractivity contribution in [2.75, 3.05) is 0 Å². The number of nitrogens with zero attached hydrogens (tertiary/aromatic N) is 2. The Kier molecular flexibility index (Phi) is 4.44. The summed E-state index contributed by atoms with van der Waals surface area (Å²) in [5.41, 5.74) is 7.48. The van der Waals surface area contributed by atoms with Crippen LogP contribution in [0.2, 0.25) is 0 Å². The van der Waals surface area contributed by atoms with Crippen LogP contribution in [0.15, 0.2) is 56.1 Å². The van der Waals surface area contributed by atoms with Crippen LogP contribution in [0.3, 0.4) is 0 Å². The largest absolute Gasteiger partial charge is 0.409 e. The van der Waals surface area contributed by atoms with Gasteiger partial charge in [-0.1, -0.05) is 23.0 Å². The van der Waals surface area contributed by atoms with Crippen molar-refractivity contribution in [3.63, 3.8) is 0 Å². The third kappa shape index (κ3) is 3.48. The number of benzene rings is 1. The number of oxime groups is 1. The highest BCUT2D eigenvalue weighted by Gasteiger charge is 2.09. The first-order valence-corrected chi connectivity index (χ1v) is 7.09. The smallest absolute Gasteiger partial charge is 0.171 e. The van der Waals surface area contributed by atoms with Gasteiger partial charge in [-0.25, -0.2) is 4.98 Å². The molecule has 0 aliphatic heterocycles. The molecule has 1 aromatic carbocycles. The van der Waals surface area contributed by atoms with Crippen molar-refractivity contribution in [3.05, 3.63) is 52.1 Å². The second-order valence-corrected chi connectivity index (χ2v) is 5.88. The molecule has 2 rings (SSSR count). The summed E-state index contributed by atoms with van der Waals surface area (Å²) in [7, 11) is 0. The van der Waals surface area contributed by atoms with Gasteiger partial charge < -0.3 is 10.9 Å². The van der Waals surface area contributed by atoms with E-state index >= 15 is 0 Å². The summed E-state index contributed by atoms with van der Waals surface area (Å²) < 4.78 is 0.928. The summed E-state index contributed by atoms with van der Waals surface area (Å²) in [6.45, 7) is 2.00. The molecule has 0 amide bonds. The van der Waals surface area contributed by atoms with Gasteiger partial charge in [0.15, 0.2) is 5.84 Å². The summed E-state index contributed by atoms with van der Waals surface area (Å²) in [5, 5.41) is 12.7. The lowest BCUT2D eigenvalue weighted by molar-refractivity contribution is 0.318. The van der Waals surface area contributed by atoms with Gasteiger partial charge in [-0.15, -0.1) is 0 Å². The lowest BCUT2D eigenvalue weighted by Crippen LogP contribution is -2.14. The lowest BCUT2D eigenvalue weighted by atomic mass is 10.1. The van der Waals surface area contributed by atoms with Crippen molar-refractivity contribution in [2.45, 2.75) is 16.8 Å². The zero-order chi connectivity index (χ0) is 13.8. The summed E-state index contributed by atoms with van der Waals surface area (Å²) in [6.07, 6.45) is 1.74. The molecular formula is C13H12BrN3OS. The quantitative estimate of drug-likeness (QED) is 0.389. The zero-order valence-electron chi connectivity index (χ0n) is 10.2. The van der Waals surface area contributed by atoms with Crippen LogP contribution in [-0.4, -0.2) is 16.0 Å². The van der Waals surface area contributed by atoms with Crippen molar-refractivity contribution in [1.29, 1.82) is 0 Å². The average Bonchev–Trinajstić information content (AvgIpc) is 2.41. The molecular weight excluding hydrogens is 326 g/mol. The normalized spacial score (nSPS) is 11.6. The molecule has 3 N–H and O–H groups in total. The molecule has 1 aromatic heterocycles. The van der Waals surface area contributed by atoms with Crippen molar-refractivity contribution in [3.8, 4) is 0 Å². The first-order chi connectivity index (χ1) is 9.10. The van der Waals surface area contributed by atoms with Gasteiger partial charge in [-0.2, -0.15) is 0 Å². The Balaban J connectivity index is 2.38. The molecule has 0 aliphatic rings. The van der Waals surface area contributed by atoms with E-state index in [2.05, 4.69) is 26.1 Å². The Hall–Kier alpha value is -1.53. The van der Waals surface area contributed by atoms with E-state index in [1.807, 2.05) is 37.3 Å². The highest BCUT2D eigenvalue weighted by molar-refractivity contribution is 9.10. The lowest BCUT2D eigenvalue weighted by Gasteiger charge is -2.08. The van der Waals surface area contributed by atoms with E-state index in [0.29, 0.717) is 5.56 Å². The molecule has 2 aromatic rings. The molecule has 6 heteroatoms. The fraction of sp³-hybridized carbons (Fsp3) is 0.0769. The molecule has 0 atom stereocenters. The van der Waals surface area contributed by atoms with Gasteiger partial charge in [0.2, 0.25) is 0 Å². The van der Waals surface area contributed by atoms with Crippen LogP contribution in [0.25, 0.3) is 0 Å². The van der Waals surface area contributed by atoms with E-state index in [9.17, 15) is 0 Å². The summed E-state index contributed by atoms with van der Waals surface area (Å²) in [6, 6.07) is 9.58. The maximum Gasteiger partial charge on any atom is 0.171 e. The topological polar surface area (TPSA) is 71.5 Å². The first kappa shape index (κ1) is 13.9. The van der Waals surface area contributed by atoms with E-state index in [-0.39, 0.29) is 5.84 Å². The van der Waals surface area contributed by atoms with E-state index in [4.69, 9.17) is 10.9 Å². The molecule has 0 spiro atoms. The number of rotatable bonds is 3. The molecule has 0 saturated carbocycles. The molecule has 0 fully saturated rings. The number of aryl methyl sites for hydroxylation is 1. The molecule has 1 heterocycles. The van der Waals surface area contributed by atoms with Gasteiger partial charge in [-0.05, 0) is 52.7 Å². The van der Waals surface area contributed by atoms with Gasteiger partial charge in [0.1, 0.15) is 5.03 Å². The molecule has 19 heavy (non-hydrogen) atoms. The Morgan fingerprint density at radius 3 is 2.79 bits per heavy atom. The van der Waals surface area contributed by atoms with Crippen LogP contribution in [0.5, 0.6) is 0 Å². The molecule has 0 saturated heterocycles. The van der Waals surface area contributed by atoms with Gasteiger partial charge in [-0.3, -0.25) is 0 Å². The van der Waals surface area contributed by atoms with E-state index in [1.165, 1.54) is 11.8 Å². The first-order valence-electron chi connectivity index (χ1n) is 5.48. The molecule has 98 valence electrons. The van der Waals surface area contributed by atoms with Crippen LogP contribution < -0.4 is 5.73 Å². The second-order valence-electron chi connectivity index (χ2n) is 3.90. The van der Waals surface area contributed by atoms with Crippen molar-refractivity contribution in [2.24, 2.45) is 10.9 Å². The zero-order valence-corrected chi connectivity index (χ0v) is 12.6. The van der Waals surface area contributed by atoms with Crippen molar-refractivity contribution in [1.82, 2.24) is 4.98 Å². The number of aromatic nitrogens is 1. The summed E-state index contributed by atoms with van der Waals surface area (Å²) in [4.78, 5) is 5.21. The monoisotopic (exact) mass is 337 g/mol. The Bertz CT molecular complexity index is 614. The summed E-state index contributed by atoms with van der Waals surface area (Å²) in [5.74, 6) is 0.0969. The van der Waals surface area contributed by atoms with Crippen LogP contribution in [0.1, 0.15) is 11.1 Å². The number of amidine groups is 1. The molecule has 0 bridgehead atoms. The Labute approximate surface area is 123 Å². The van der Waals surface area contributed by atoms with Crippen LogP contribution in [0.4, 0.5) is 0 Å². The molecule has 0 aliphatic carbocycles. The fourth-order valence-corrected chi connectivity index (χ4v) is 2.74. The number of hydrogen-bond donors (Lipinski definition) is 2. The number of nitrogens with two attached hydrogens (primary N) is 1. The van der Waals surface area contributed by atoms with E-state index < -0.39 is 0 Å². The number of pyridine rings is 1. The molecule has 4 nitrogen and oxygen atoms in total. The minimum atomic E-state index is 0.0969. The minimum absolute atomic E-state index is 0.0969. The van der Waals surface area contributed by atoms with Gasteiger partial charge >= 0.3 is 0 Å². The fourth-order valence-electron chi connectivity index (χ4n) is 1.51.